The molecular weight excluding hydrogens is 794 g/mol. The van der Waals surface area contributed by atoms with Gasteiger partial charge in [-0.2, -0.15) is 18.3 Å². The van der Waals surface area contributed by atoms with Gasteiger partial charge in [0.1, 0.15) is 17.4 Å². The Morgan fingerprint density at radius 1 is 0.885 bits per heavy atom. The SMILES string of the molecule is CC(C)(O)c1cc2nn([C@H]3CC[C@H](CNCCCCCCCNc4cccc5c4C(=O)N(C4CCC(=O)NC4=O)C5=O)CC3)cc2cc1NC(=O)c1cccc(C(F)(F)F)n1. The Kier molecular flexibility index (Phi) is 12.9. The first-order valence-electron chi connectivity index (χ1n) is 21.0. The predicted octanol–water partition coefficient (Wildman–Crippen LogP) is 6.71. The van der Waals surface area contributed by atoms with Gasteiger partial charge in [-0.15, -0.1) is 0 Å². The number of carbonyl (C=O) groups is 5. The summed E-state index contributed by atoms with van der Waals surface area (Å²) >= 11 is 0. The molecule has 0 spiro atoms. The minimum absolute atomic E-state index is 0.0734. The first kappa shape index (κ1) is 43.4. The van der Waals surface area contributed by atoms with Crippen LogP contribution in [0.25, 0.3) is 10.9 Å². The Morgan fingerprint density at radius 3 is 2.33 bits per heavy atom. The lowest BCUT2D eigenvalue weighted by atomic mass is 9.86. The van der Waals surface area contributed by atoms with Crippen LogP contribution in [0.1, 0.15) is 133 Å². The fraction of sp³-hybridized carbons (Fsp3) is 0.477. The average Bonchev–Trinajstić information content (AvgIpc) is 3.75. The third-order valence-electron chi connectivity index (χ3n) is 11.8. The number of anilines is 2. The number of aromatic nitrogens is 3. The lowest BCUT2D eigenvalue weighted by molar-refractivity contribution is -0.141. The van der Waals surface area contributed by atoms with Gasteiger partial charge in [0.25, 0.3) is 17.7 Å². The van der Waals surface area contributed by atoms with Gasteiger partial charge in [-0.25, -0.2) is 4.98 Å². The molecule has 2 aromatic heterocycles. The summed E-state index contributed by atoms with van der Waals surface area (Å²) in [6.07, 6.45) is 6.51. The zero-order valence-electron chi connectivity index (χ0n) is 34.2. The number of carbonyl (C=O) groups excluding carboxylic acids is 5. The first-order valence-corrected chi connectivity index (χ1v) is 21.0. The van der Waals surface area contributed by atoms with Crippen LogP contribution in [-0.2, 0) is 21.4 Å². The van der Waals surface area contributed by atoms with Crippen molar-refractivity contribution < 1.29 is 42.3 Å². The number of amides is 5. The monoisotopic (exact) mass is 844 g/mol. The average molecular weight is 845 g/mol. The minimum Gasteiger partial charge on any atom is -0.386 e. The van der Waals surface area contributed by atoms with Crippen LogP contribution >= 0.6 is 0 Å². The van der Waals surface area contributed by atoms with Crippen LogP contribution in [0.5, 0.6) is 0 Å². The standard InChI is InChI=1S/C44H51F3N8O6/c1-43(2,61)30-23-33-27(22-34(30)51-39(57)32-12-9-13-36(50-32)44(45,46)47)25-54(53-33)28-16-14-26(15-17-28)24-48-20-6-4-3-5-7-21-49-31-11-8-10-29-38(31)42(60)55(41(29)59)35-18-19-37(56)52-40(35)58/h8-13,22-23,25-26,28,35,48-49,61H,3-7,14-21,24H2,1-2H3,(H,51,57)(H,52,56,58)/t26-,28-,35?. The van der Waals surface area contributed by atoms with E-state index in [-0.39, 0.29) is 35.7 Å². The molecule has 61 heavy (non-hydrogen) atoms. The largest absolute Gasteiger partial charge is 0.433 e. The topological polar surface area (TPSA) is 188 Å². The summed E-state index contributed by atoms with van der Waals surface area (Å²) < 4.78 is 41.6. The fourth-order valence-corrected chi connectivity index (χ4v) is 8.50. The Bertz CT molecular complexity index is 2310. The maximum Gasteiger partial charge on any atom is 0.433 e. The molecule has 5 N–H and O–H groups in total. The van der Waals surface area contributed by atoms with Crippen molar-refractivity contribution in [2.75, 3.05) is 30.3 Å². The van der Waals surface area contributed by atoms with E-state index in [0.29, 0.717) is 29.2 Å². The minimum atomic E-state index is -4.70. The maximum absolute atomic E-state index is 13.3. The molecule has 0 bridgehead atoms. The highest BCUT2D eigenvalue weighted by Gasteiger charge is 2.45. The van der Waals surface area contributed by atoms with Crippen LogP contribution in [0, 0.1) is 5.92 Å². The molecule has 4 heterocycles. The molecule has 17 heteroatoms. The van der Waals surface area contributed by atoms with Crippen molar-refractivity contribution in [3.05, 3.63) is 82.8 Å². The van der Waals surface area contributed by atoms with Gasteiger partial charge in [0, 0.05) is 41.5 Å². The van der Waals surface area contributed by atoms with E-state index in [1.54, 1.807) is 44.2 Å². The number of hydrogen-bond acceptors (Lipinski definition) is 10. The van der Waals surface area contributed by atoms with E-state index in [2.05, 4.69) is 26.3 Å². The number of fused-ring (bicyclic) bond motifs is 2. The number of nitrogens with zero attached hydrogens (tertiary/aromatic N) is 4. The van der Waals surface area contributed by atoms with Gasteiger partial charge in [-0.1, -0.05) is 31.4 Å². The second-order valence-corrected chi connectivity index (χ2v) is 16.7. The molecule has 1 atom stereocenters. The highest BCUT2D eigenvalue weighted by molar-refractivity contribution is 6.25. The number of halogens is 3. The molecule has 14 nitrogen and oxygen atoms in total. The molecular formula is C44H51F3N8O6. The molecule has 1 unspecified atom stereocenters. The quantitative estimate of drug-likeness (QED) is 0.0599. The zero-order valence-corrected chi connectivity index (χ0v) is 34.2. The van der Waals surface area contributed by atoms with Crippen molar-refractivity contribution >= 4 is 51.8 Å². The number of alkyl halides is 3. The van der Waals surface area contributed by atoms with Crippen LogP contribution in [0.3, 0.4) is 0 Å². The number of nitrogens with one attached hydrogen (secondary N) is 4. The van der Waals surface area contributed by atoms with Gasteiger partial charge in [0.05, 0.1) is 28.3 Å². The number of unbranched alkanes of at least 4 members (excludes halogenated alkanes) is 4. The number of pyridine rings is 1. The lowest BCUT2D eigenvalue weighted by Crippen LogP contribution is -2.54. The Balaban J connectivity index is 0.809. The summed E-state index contributed by atoms with van der Waals surface area (Å²) in [4.78, 5) is 67.9. The van der Waals surface area contributed by atoms with Crippen LogP contribution in [0.2, 0.25) is 0 Å². The molecule has 1 aliphatic carbocycles. The number of hydrogen-bond donors (Lipinski definition) is 5. The summed E-state index contributed by atoms with van der Waals surface area (Å²) in [7, 11) is 0. The highest BCUT2D eigenvalue weighted by Crippen LogP contribution is 2.37. The van der Waals surface area contributed by atoms with Crippen molar-refractivity contribution in [3.63, 3.8) is 0 Å². The van der Waals surface area contributed by atoms with E-state index in [1.807, 2.05) is 10.9 Å². The van der Waals surface area contributed by atoms with Crippen LogP contribution in [0.4, 0.5) is 24.5 Å². The van der Waals surface area contributed by atoms with Gasteiger partial charge in [-0.3, -0.25) is 38.9 Å². The first-order chi connectivity index (χ1) is 29.1. The van der Waals surface area contributed by atoms with E-state index in [1.165, 1.54) is 6.07 Å². The molecule has 1 saturated heterocycles. The van der Waals surface area contributed by atoms with E-state index in [4.69, 9.17) is 5.10 Å². The molecule has 324 valence electrons. The molecule has 5 amide bonds. The molecule has 4 aromatic rings. The van der Waals surface area contributed by atoms with E-state index < -0.39 is 58.7 Å². The molecule has 7 rings (SSSR count). The molecule has 2 aliphatic heterocycles. The number of aliphatic hydroxyl groups is 1. The van der Waals surface area contributed by atoms with Crippen molar-refractivity contribution in [2.24, 2.45) is 5.92 Å². The Labute approximate surface area is 351 Å². The van der Waals surface area contributed by atoms with E-state index in [9.17, 15) is 42.3 Å². The van der Waals surface area contributed by atoms with Gasteiger partial charge in [-0.05, 0) is 114 Å². The molecule has 2 fully saturated rings. The summed E-state index contributed by atoms with van der Waals surface area (Å²) in [6.45, 7) is 5.65. The highest BCUT2D eigenvalue weighted by atomic mass is 19.4. The summed E-state index contributed by atoms with van der Waals surface area (Å²) in [5, 5.41) is 28.3. The van der Waals surface area contributed by atoms with Crippen molar-refractivity contribution in [1.82, 2.24) is 30.3 Å². The molecule has 3 aliphatic rings. The van der Waals surface area contributed by atoms with E-state index in [0.717, 1.165) is 93.3 Å². The second kappa shape index (κ2) is 18.1. The van der Waals surface area contributed by atoms with Crippen LogP contribution in [0.15, 0.2) is 54.7 Å². The fourth-order valence-electron chi connectivity index (χ4n) is 8.50. The number of benzene rings is 2. The maximum atomic E-state index is 13.3. The van der Waals surface area contributed by atoms with Gasteiger partial charge in [0.2, 0.25) is 11.8 Å². The van der Waals surface area contributed by atoms with Crippen LogP contribution < -0.4 is 21.3 Å². The summed E-state index contributed by atoms with van der Waals surface area (Å²) in [5.74, 6) is -2.34. The predicted molar refractivity (Wildman–Crippen MR) is 221 cm³/mol. The normalized spacial score (nSPS) is 19.6. The zero-order chi connectivity index (χ0) is 43.5. The Hall–Kier alpha value is -5.68. The van der Waals surface area contributed by atoms with Crippen LogP contribution in [-0.4, -0.2) is 80.0 Å². The smallest absolute Gasteiger partial charge is 0.386 e. The number of rotatable bonds is 16. The second-order valence-electron chi connectivity index (χ2n) is 16.7. The summed E-state index contributed by atoms with van der Waals surface area (Å²) in [6, 6.07) is 10.8. The Morgan fingerprint density at radius 2 is 1.61 bits per heavy atom. The van der Waals surface area contributed by atoms with E-state index >= 15 is 0 Å². The molecule has 0 radical (unpaired) electrons. The van der Waals surface area contributed by atoms with Gasteiger partial charge >= 0.3 is 6.18 Å². The van der Waals surface area contributed by atoms with Crippen molar-refractivity contribution in [3.8, 4) is 0 Å². The number of imide groups is 2. The number of piperidine rings is 1. The lowest BCUT2D eigenvalue weighted by Gasteiger charge is -2.28. The van der Waals surface area contributed by atoms with Crippen molar-refractivity contribution in [2.45, 2.75) is 108 Å². The van der Waals surface area contributed by atoms with Gasteiger partial charge in [0.15, 0.2) is 0 Å². The van der Waals surface area contributed by atoms with Gasteiger partial charge < -0.3 is 21.1 Å². The third-order valence-corrected chi connectivity index (χ3v) is 11.8. The van der Waals surface area contributed by atoms with Crippen molar-refractivity contribution in [1.29, 1.82) is 0 Å². The summed E-state index contributed by atoms with van der Waals surface area (Å²) in [5.41, 5.74) is -0.552. The molecule has 2 aromatic carbocycles. The molecule has 1 saturated carbocycles. The third kappa shape index (κ3) is 9.94.